The van der Waals surface area contributed by atoms with Crippen molar-refractivity contribution in [1.29, 1.82) is 0 Å². The van der Waals surface area contributed by atoms with Gasteiger partial charge in [-0.05, 0) is 30.3 Å². The SMILES string of the molecule is CNc1ccc(S(=O)(=O)NC(=O)c2ccccc2)cc1S(=O)(=O)C(F)(F)F. The number of alkyl halides is 3. The van der Waals surface area contributed by atoms with Crippen LogP contribution in [0.5, 0.6) is 0 Å². The fourth-order valence-electron chi connectivity index (χ4n) is 2.05. The first-order valence-corrected chi connectivity index (χ1v) is 10.1. The predicted octanol–water partition coefficient (Wildman–Crippen LogP) is 2.14. The summed E-state index contributed by atoms with van der Waals surface area (Å²) in [7, 11) is -9.27. The van der Waals surface area contributed by atoms with Gasteiger partial charge in [-0.25, -0.2) is 21.6 Å². The second kappa shape index (κ2) is 7.19. The number of hydrogen-bond donors (Lipinski definition) is 2. The zero-order valence-corrected chi connectivity index (χ0v) is 15.2. The van der Waals surface area contributed by atoms with Gasteiger partial charge in [0.2, 0.25) is 0 Å². The highest BCUT2D eigenvalue weighted by Crippen LogP contribution is 2.35. The minimum atomic E-state index is -5.82. The molecule has 12 heteroatoms. The van der Waals surface area contributed by atoms with Gasteiger partial charge in [-0.1, -0.05) is 18.2 Å². The highest BCUT2D eigenvalue weighted by atomic mass is 32.2. The zero-order valence-electron chi connectivity index (χ0n) is 13.6. The fourth-order valence-corrected chi connectivity index (χ4v) is 4.12. The lowest BCUT2D eigenvalue weighted by Gasteiger charge is -2.14. The Balaban J connectivity index is 2.50. The van der Waals surface area contributed by atoms with Crippen molar-refractivity contribution < 1.29 is 34.8 Å². The van der Waals surface area contributed by atoms with Gasteiger partial charge in [-0.2, -0.15) is 13.2 Å². The number of carbonyl (C=O) groups is 1. The molecule has 0 unspecified atom stereocenters. The molecule has 1 amide bonds. The molecule has 0 aliphatic heterocycles. The van der Waals surface area contributed by atoms with Crippen LogP contribution < -0.4 is 10.0 Å². The maximum Gasteiger partial charge on any atom is 0.501 e. The van der Waals surface area contributed by atoms with Crippen molar-refractivity contribution >= 4 is 31.5 Å². The van der Waals surface area contributed by atoms with Crippen molar-refractivity contribution in [2.75, 3.05) is 12.4 Å². The summed E-state index contributed by atoms with van der Waals surface area (Å²) in [6, 6.07) is 9.30. The van der Waals surface area contributed by atoms with Crippen LogP contribution in [0.15, 0.2) is 58.3 Å². The van der Waals surface area contributed by atoms with Gasteiger partial charge >= 0.3 is 5.51 Å². The molecule has 146 valence electrons. The topological polar surface area (TPSA) is 109 Å². The Hall–Kier alpha value is -2.60. The molecule has 0 fully saturated rings. The van der Waals surface area contributed by atoms with E-state index in [4.69, 9.17) is 0 Å². The quantitative estimate of drug-likeness (QED) is 0.764. The summed E-state index contributed by atoms with van der Waals surface area (Å²) >= 11 is 0. The molecular formula is C15H13F3N2O5S2. The van der Waals surface area contributed by atoms with Gasteiger partial charge in [-0.15, -0.1) is 0 Å². The van der Waals surface area contributed by atoms with E-state index in [1.807, 2.05) is 0 Å². The summed E-state index contributed by atoms with van der Waals surface area (Å²) in [6.45, 7) is 0. The molecule has 2 aromatic rings. The first-order valence-electron chi connectivity index (χ1n) is 7.15. The Morgan fingerprint density at radius 3 is 2.07 bits per heavy atom. The molecule has 2 N–H and O–H groups in total. The molecule has 0 saturated heterocycles. The van der Waals surface area contributed by atoms with E-state index in [2.05, 4.69) is 5.32 Å². The van der Waals surface area contributed by atoms with Crippen LogP contribution in [-0.2, 0) is 19.9 Å². The summed E-state index contributed by atoms with van der Waals surface area (Å²) in [4.78, 5) is 9.91. The maximum atomic E-state index is 12.9. The normalized spacial score (nSPS) is 12.4. The van der Waals surface area contributed by atoms with Gasteiger partial charge in [0.05, 0.1) is 10.6 Å². The lowest BCUT2D eigenvalue weighted by molar-refractivity contribution is -0.0435. The molecule has 7 nitrogen and oxygen atoms in total. The van der Waals surface area contributed by atoms with E-state index in [1.165, 1.54) is 31.3 Å². The number of sulfonamides is 1. The Kier molecular flexibility index (Phi) is 5.52. The van der Waals surface area contributed by atoms with Crippen molar-refractivity contribution in [2.24, 2.45) is 0 Å². The minimum absolute atomic E-state index is 0.00365. The van der Waals surface area contributed by atoms with E-state index in [-0.39, 0.29) is 5.56 Å². The van der Waals surface area contributed by atoms with Gasteiger partial charge in [0.1, 0.15) is 4.90 Å². The van der Waals surface area contributed by atoms with Crippen molar-refractivity contribution in [2.45, 2.75) is 15.3 Å². The molecule has 2 rings (SSSR count). The van der Waals surface area contributed by atoms with Crippen LogP contribution in [0.1, 0.15) is 10.4 Å². The van der Waals surface area contributed by atoms with Crippen molar-refractivity contribution in [3.05, 3.63) is 54.1 Å². The fraction of sp³-hybridized carbons (Fsp3) is 0.133. The van der Waals surface area contributed by atoms with Crippen LogP contribution in [-0.4, -0.2) is 35.3 Å². The lowest BCUT2D eigenvalue weighted by atomic mass is 10.2. The number of hydrogen-bond acceptors (Lipinski definition) is 6. The van der Waals surface area contributed by atoms with Gasteiger partial charge in [-0.3, -0.25) is 4.79 Å². The zero-order chi connectivity index (χ0) is 20.5. The van der Waals surface area contributed by atoms with E-state index >= 15 is 0 Å². The molecule has 0 saturated carbocycles. The van der Waals surface area contributed by atoms with Crippen LogP contribution in [0.25, 0.3) is 0 Å². The van der Waals surface area contributed by atoms with Crippen LogP contribution in [0.2, 0.25) is 0 Å². The molecule has 0 aliphatic rings. The third kappa shape index (κ3) is 4.22. The summed E-state index contributed by atoms with van der Waals surface area (Å²) in [6.07, 6.45) is 0. The van der Waals surface area contributed by atoms with E-state index in [0.29, 0.717) is 6.07 Å². The average molecular weight is 422 g/mol. The molecule has 0 aromatic heterocycles. The van der Waals surface area contributed by atoms with Crippen LogP contribution in [0, 0.1) is 0 Å². The van der Waals surface area contributed by atoms with E-state index < -0.39 is 46.8 Å². The Morgan fingerprint density at radius 2 is 1.56 bits per heavy atom. The number of amides is 1. The van der Waals surface area contributed by atoms with Crippen LogP contribution >= 0.6 is 0 Å². The van der Waals surface area contributed by atoms with Gasteiger partial charge in [0.25, 0.3) is 25.8 Å². The predicted molar refractivity (Wildman–Crippen MR) is 90.3 cm³/mol. The van der Waals surface area contributed by atoms with Gasteiger partial charge < -0.3 is 5.32 Å². The van der Waals surface area contributed by atoms with Gasteiger partial charge in [0, 0.05) is 12.6 Å². The molecule has 0 aliphatic carbocycles. The number of benzene rings is 2. The number of nitrogens with one attached hydrogen (secondary N) is 2. The molecule has 0 radical (unpaired) electrons. The number of anilines is 1. The lowest BCUT2D eigenvalue weighted by Crippen LogP contribution is -2.31. The summed E-state index contributed by atoms with van der Waals surface area (Å²) in [5.41, 5.74) is -6.08. The summed E-state index contributed by atoms with van der Waals surface area (Å²) in [5.74, 6) is -1.02. The highest BCUT2D eigenvalue weighted by Gasteiger charge is 2.48. The van der Waals surface area contributed by atoms with Crippen LogP contribution in [0.3, 0.4) is 0 Å². The standard InChI is InChI=1S/C15H13F3N2O5S2/c1-19-12-8-7-11(9-13(12)26(22,23)15(16,17)18)27(24,25)20-14(21)10-5-3-2-4-6-10/h2-9,19H,1H3,(H,20,21). The van der Waals surface area contributed by atoms with E-state index in [1.54, 1.807) is 10.8 Å². The Bertz CT molecular complexity index is 1070. The van der Waals surface area contributed by atoms with Crippen molar-refractivity contribution in [1.82, 2.24) is 4.72 Å². The van der Waals surface area contributed by atoms with Crippen LogP contribution in [0.4, 0.5) is 18.9 Å². The first-order chi connectivity index (χ1) is 12.4. The molecule has 0 atom stereocenters. The second-order valence-corrected chi connectivity index (χ2v) is 8.75. The number of halogens is 3. The smallest absolute Gasteiger partial charge is 0.387 e. The number of sulfone groups is 1. The van der Waals surface area contributed by atoms with Crippen molar-refractivity contribution in [3.63, 3.8) is 0 Å². The maximum absolute atomic E-state index is 12.9. The van der Waals surface area contributed by atoms with Gasteiger partial charge in [0.15, 0.2) is 0 Å². The first kappa shape index (κ1) is 20.7. The molecule has 0 bridgehead atoms. The summed E-state index contributed by atoms with van der Waals surface area (Å²) in [5, 5.41) is 2.26. The summed E-state index contributed by atoms with van der Waals surface area (Å²) < 4.78 is 88.3. The van der Waals surface area contributed by atoms with E-state index in [0.717, 1.165) is 12.1 Å². The van der Waals surface area contributed by atoms with Crippen molar-refractivity contribution in [3.8, 4) is 0 Å². The third-order valence-corrected chi connectivity index (χ3v) is 6.24. The highest BCUT2D eigenvalue weighted by molar-refractivity contribution is 7.92. The minimum Gasteiger partial charge on any atom is -0.387 e. The number of rotatable bonds is 5. The average Bonchev–Trinajstić information content (AvgIpc) is 2.60. The largest absolute Gasteiger partial charge is 0.501 e. The Morgan fingerprint density at radius 1 is 0.963 bits per heavy atom. The molecular weight excluding hydrogens is 409 g/mol. The van der Waals surface area contributed by atoms with E-state index in [9.17, 15) is 34.8 Å². The second-order valence-electron chi connectivity index (χ2n) is 5.16. The molecule has 2 aromatic carbocycles. The Labute approximate surface area is 153 Å². The molecule has 27 heavy (non-hydrogen) atoms. The molecule has 0 heterocycles. The molecule has 0 spiro atoms. The third-order valence-electron chi connectivity index (χ3n) is 3.39. The monoisotopic (exact) mass is 422 g/mol. The number of carbonyl (C=O) groups excluding carboxylic acids is 1.